The highest BCUT2D eigenvalue weighted by molar-refractivity contribution is 6.04. The molecule has 2 aromatic rings. The third-order valence-corrected chi connectivity index (χ3v) is 3.48. The van der Waals surface area contributed by atoms with Crippen LogP contribution >= 0.6 is 0 Å². The molecule has 0 radical (unpaired) electrons. The van der Waals surface area contributed by atoms with Gasteiger partial charge in [-0.05, 0) is 35.7 Å². The van der Waals surface area contributed by atoms with Crippen LogP contribution in [0.3, 0.4) is 0 Å². The molecular formula is C16H20N2O. The van der Waals surface area contributed by atoms with Gasteiger partial charge in [0.15, 0.2) is 0 Å². The lowest BCUT2D eigenvalue weighted by Crippen LogP contribution is -2.34. The molecule has 0 aliphatic heterocycles. The van der Waals surface area contributed by atoms with Crippen molar-refractivity contribution in [2.75, 3.05) is 5.73 Å². The van der Waals surface area contributed by atoms with Crippen molar-refractivity contribution >= 4 is 22.4 Å². The molecule has 0 saturated carbocycles. The third kappa shape index (κ3) is 2.87. The molecule has 0 bridgehead atoms. The lowest BCUT2D eigenvalue weighted by atomic mass is 10.0. The molecule has 3 N–H and O–H groups in total. The van der Waals surface area contributed by atoms with E-state index in [1.54, 1.807) is 0 Å². The van der Waals surface area contributed by atoms with Crippen LogP contribution in [0.4, 0.5) is 5.69 Å². The molecule has 2 rings (SSSR count). The summed E-state index contributed by atoms with van der Waals surface area (Å²) in [6.45, 7) is 4.14. The predicted molar refractivity (Wildman–Crippen MR) is 80.2 cm³/mol. The number of hydrogen-bond acceptors (Lipinski definition) is 2. The van der Waals surface area contributed by atoms with E-state index in [0.717, 1.165) is 23.6 Å². The number of amides is 1. The second-order valence-corrected chi connectivity index (χ2v) is 4.77. The molecule has 2 aromatic carbocycles. The van der Waals surface area contributed by atoms with Gasteiger partial charge in [0.2, 0.25) is 0 Å². The minimum atomic E-state index is -0.0862. The molecule has 0 fully saturated rings. The fraction of sp³-hybridized carbons (Fsp3) is 0.312. The molecule has 100 valence electrons. The number of nitrogens with two attached hydrogens (primary N) is 1. The number of anilines is 1. The Balaban J connectivity index is 2.33. The second kappa shape index (κ2) is 5.74. The second-order valence-electron chi connectivity index (χ2n) is 4.77. The van der Waals surface area contributed by atoms with Gasteiger partial charge in [0.25, 0.3) is 5.91 Å². The third-order valence-electron chi connectivity index (χ3n) is 3.48. The molecule has 3 heteroatoms. The molecule has 0 saturated heterocycles. The minimum Gasteiger partial charge on any atom is -0.398 e. The molecule has 19 heavy (non-hydrogen) atoms. The minimum absolute atomic E-state index is 0.0862. The van der Waals surface area contributed by atoms with Gasteiger partial charge in [0.05, 0.1) is 5.56 Å². The van der Waals surface area contributed by atoms with Gasteiger partial charge in [-0.1, -0.05) is 38.1 Å². The van der Waals surface area contributed by atoms with Crippen LogP contribution in [0.1, 0.15) is 37.0 Å². The molecule has 3 nitrogen and oxygen atoms in total. The highest BCUT2D eigenvalue weighted by atomic mass is 16.1. The van der Waals surface area contributed by atoms with Gasteiger partial charge >= 0.3 is 0 Å². The van der Waals surface area contributed by atoms with Crippen LogP contribution < -0.4 is 11.1 Å². The SMILES string of the molecule is CCC(CC)NC(=O)c1cc2ccccc2cc1N. The zero-order valence-corrected chi connectivity index (χ0v) is 11.4. The molecule has 0 atom stereocenters. The molecule has 1 amide bonds. The zero-order valence-electron chi connectivity index (χ0n) is 11.4. The van der Waals surface area contributed by atoms with Crippen molar-refractivity contribution in [2.45, 2.75) is 32.7 Å². The number of nitrogens with one attached hydrogen (secondary N) is 1. The highest BCUT2D eigenvalue weighted by Gasteiger charge is 2.14. The Kier molecular flexibility index (Phi) is 4.05. The average molecular weight is 256 g/mol. The van der Waals surface area contributed by atoms with Gasteiger partial charge in [0.1, 0.15) is 0 Å². The summed E-state index contributed by atoms with van der Waals surface area (Å²) in [5.74, 6) is -0.0862. The highest BCUT2D eigenvalue weighted by Crippen LogP contribution is 2.22. The van der Waals surface area contributed by atoms with E-state index in [0.29, 0.717) is 11.3 Å². The smallest absolute Gasteiger partial charge is 0.253 e. The van der Waals surface area contributed by atoms with Crippen molar-refractivity contribution in [1.29, 1.82) is 0 Å². The van der Waals surface area contributed by atoms with Gasteiger partial charge in [-0.25, -0.2) is 0 Å². The number of hydrogen-bond donors (Lipinski definition) is 2. The summed E-state index contributed by atoms with van der Waals surface area (Å²) in [7, 11) is 0. The molecule has 0 heterocycles. The Hall–Kier alpha value is -2.03. The Morgan fingerprint density at radius 1 is 1.16 bits per heavy atom. The summed E-state index contributed by atoms with van der Waals surface area (Å²) >= 11 is 0. The number of carbonyl (C=O) groups excluding carboxylic acids is 1. The molecule has 0 aliphatic carbocycles. The maximum absolute atomic E-state index is 12.2. The summed E-state index contributed by atoms with van der Waals surface area (Å²) < 4.78 is 0. The van der Waals surface area contributed by atoms with E-state index < -0.39 is 0 Å². The number of carbonyl (C=O) groups is 1. The summed E-state index contributed by atoms with van der Waals surface area (Å²) in [5, 5.41) is 5.11. The fourth-order valence-electron chi connectivity index (χ4n) is 2.21. The molecular weight excluding hydrogens is 236 g/mol. The van der Waals surface area contributed by atoms with Crippen LogP contribution in [0, 0.1) is 0 Å². The molecule has 0 spiro atoms. The number of nitrogen functional groups attached to an aromatic ring is 1. The number of rotatable bonds is 4. The van der Waals surface area contributed by atoms with Crippen molar-refractivity contribution in [3.63, 3.8) is 0 Å². The fourth-order valence-corrected chi connectivity index (χ4v) is 2.21. The van der Waals surface area contributed by atoms with Crippen LogP contribution in [0.2, 0.25) is 0 Å². The summed E-state index contributed by atoms with van der Waals surface area (Å²) in [6.07, 6.45) is 1.85. The van der Waals surface area contributed by atoms with Crippen molar-refractivity contribution < 1.29 is 4.79 Å². The Labute approximate surface area is 113 Å². The quantitative estimate of drug-likeness (QED) is 0.824. The van der Waals surface area contributed by atoms with E-state index in [9.17, 15) is 4.79 Å². The van der Waals surface area contributed by atoms with Crippen LogP contribution in [0.5, 0.6) is 0 Å². The first-order valence-corrected chi connectivity index (χ1v) is 6.74. The van der Waals surface area contributed by atoms with Gasteiger partial charge in [0, 0.05) is 11.7 Å². The van der Waals surface area contributed by atoms with Gasteiger partial charge in [-0.3, -0.25) is 4.79 Å². The first-order valence-electron chi connectivity index (χ1n) is 6.74. The van der Waals surface area contributed by atoms with E-state index >= 15 is 0 Å². The molecule has 0 aliphatic rings. The maximum Gasteiger partial charge on any atom is 0.253 e. The van der Waals surface area contributed by atoms with Gasteiger partial charge in [-0.15, -0.1) is 0 Å². The summed E-state index contributed by atoms with van der Waals surface area (Å²) in [6, 6.07) is 11.8. The number of benzene rings is 2. The predicted octanol–water partition coefficient (Wildman–Crippen LogP) is 3.34. The van der Waals surface area contributed by atoms with Crippen LogP contribution in [0.15, 0.2) is 36.4 Å². The largest absolute Gasteiger partial charge is 0.398 e. The Morgan fingerprint density at radius 3 is 2.32 bits per heavy atom. The zero-order chi connectivity index (χ0) is 13.8. The van der Waals surface area contributed by atoms with E-state index in [2.05, 4.69) is 19.2 Å². The van der Waals surface area contributed by atoms with E-state index in [1.807, 2.05) is 36.4 Å². The monoisotopic (exact) mass is 256 g/mol. The topological polar surface area (TPSA) is 55.1 Å². The average Bonchev–Trinajstić information content (AvgIpc) is 2.43. The lowest BCUT2D eigenvalue weighted by Gasteiger charge is -2.16. The maximum atomic E-state index is 12.2. The van der Waals surface area contributed by atoms with E-state index in [-0.39, 0.29) is 11.9 Å². The normalized spacial score (nSPS) is 10.9. The van der Waals surface area contributed by atoms with Crippen molar-refractivity contribution in [3.8, 4) is 0 Å². The Morgan fingerprint density at radius 2 is 1.74 bits per heavy atom. The Bertz CT molecular complexity index is 588. The molecule has 0 aromatic heterocycles. The van der Waals surface area contributed by atoms with Gasteiger partial charge in [-0.2, -0.15) is 0 Å². The first-order chi connectivity index (χ1) is 9.15. The van der Waals surface area contributed by atoms with Crippen molar-refractivity contribution in [1.82, 2.24) is 5.32 Å². The van der Waals surface area contributed by atoms with Crippen molar-refractivity contribution in [2.24, 2.45) is 0 Å². The van der Waals surface area contributed by atoms with Crippen LogP contribution in [-0.4, -0.2) is 11.9 Å². The summed E-state index contributed by atoms with van der Waals surface area (Å²) in [4.78, 5) is 12.2. The molecule has 0 unspecified atom stereocenters. The van der Waals surface area contributed by atoms with Gasteiger partial charge < -0.3 is 11.1 Å². The van der Waals surface area contributed by atoms with Crippen molar-refractivity contribution in [3.05, 3.63) is 42.0 Å². The summed E-state index contributed by atoms with van der Waals surface area (Å²) in [5.41, 5.74) is 7.08. The first kappa shape index (κ1) is 13.4. The van der Waals surface area contributed by atoms with E-state index in [1.165, 1.54) is 0 Å². The van der Waals surface area contributed by atoms with E-state index in [4.69, 9.17) is 5.73 Å². The standard InChI is InChI=1S/C16H20N2O/c1-3-13(4-2)18-16(19)14-9-11-7-5-6-8-12(11)10-15(14)17/h5-10,13H,3-4,17H2,1-2H3,(H,18,19). The van der Waals surface area contributed by atoms with Crippen LogP contribution in [-0.2, 0) is 0 Å². The lowest BCUT2D eigenvalue weighted by molar-refractivity contribution is 0.0936. The number of fused-ring (bicyclic) bond motifs is 1. The van der Waals surface area contributed by atoms with Crippen LogP contribution in [0.25, 0.3) is 10.8 Å².